The average Bonchev–Trinajstić information content (AvgIpc) is 2.95. The van der Waals surface area contributed by atoms with E-state index in [4.69, 9.17) is 4.42 Å². The number of nitrogens with one attached hydrogen (secondary N) is 1. The fourth-order valence-corrected chi connectivity index (χ4v) is 2.82. The van der Waals surface area contributed by atoms with Crippen molar-refractivity contribution in [3.8, 4) is 0 Å². The molecule has 3 heteroatoms. The molecule has 0 aliphatic rings. The average molecular weight is 249 g/mol. The second-order valence-corrected chi connectivity index (χ2v) is 4.99. The van der Waals surface area contributed by atoms with Gasteiger partial charge in [0, 0.05) is 11.6 Å². The van der Waals surface area contributed by atoms with Crippen LogP contribution in [0.2, 0.25) is 0 Å². The van der Waals surface area contributed by atoms with Gasteiger partial charge in [-0.15, -0.1) is 0 Å². The minimum absolute atomic E-state index is 0.402. The predicted molar refractivity (Wildman–Crippen MR) is 72.5 cm³/mol. The van der Waals surface area contributed by atoms with E-state index in [2.05, 4.69) is 35.1 Å². The van der Waals surface area contributed by atoms with Crippen molar-refractivity contribution in [1.29, 1.82) is 0 Å². The first-order valence-electron chi connectivity index (χ1n) is 6.09. The first-order valence-corrected chi connectivity index (χ1v) is 7.04. The van der Waals surface area contributed by atoms with Crippen LogP contribution in [0.4, 0.5) is 0 Å². The molecule has 0 aromatic carbocycles. The topological polar surface area (TPSA) is 25.2 Å². The van der Waals surface area contributed by atoms with E-state index in [1.165, 1.54) is 11.1 Å². The Morgan fingerprint density at radius 2 is 2.29 bits per heavy atom. The van der Waals surface area contributed by atoms with Crippen LogP contribution < -0.4 is 5.32 Å². The lowest BCUT2D eigenvalue weighted by atomic mass is 10.0. The molecule has 2 aromatic rings. The van der Waals surface area contributed by atoms with Gasteiger partial charge in [-0.2, -0.15) is 11.3 Å². The molecule has 2 nitrogen and oxygen atoms in total. The smallest absolute Gasteiger partial charge is 0.105 e. The van der Waals surface area contributed by atoms with Gasteiger partial charge in [-0.1, -0.05) is 6.92 Å². The van der Waals surface area contributed by atoms with Crippen LogP contribution in [-0.4, -0.2) is 6.54 Å². The zero-order valence-electron chi connectivity index (χ0n) is 10.4. The number of hydrogen-bond acceptors (Lipinski definition) is 3. The Labute approximate surface area is 107 Å². The molecule has 0 saturated heterocycles. The Balaban J connectivity index is 2.00. The molecule has 1 atom stereocenters. The molecule has 2 aromatic heterocycles. The van der Waals surface area contributed by atoms with E-state index in [1.54, 1.807) is 17.6 Å². The molecular formula is C14H19NOS. The summed E-state index contributed by atoms with van der Waals surface area (Å²) in [5.74, 6) is 1.03. The Kier molecular flexibility index (Phi) is 4.40. The minimum Gasteiger partial charge on any atom is -0.469 e. The third kappa shape index (κ3) is 3.20. The van der Waals surface area contributed by atoms with Crippen LogP contribution in [0, 0.1) is 6.92 Å². The summed E-state index contributed by atoms with van der Waals surface area (Å²) in [7, 11) is 0. The minimum atomic E-state index is 0.402. The zero-order chi connectivity index (χ0) is 12.1. The lowest BCUT2D eigenvalue weighted by Gasteiger charge is -2.17. The number of aryl methyl sites for hydroxylation is 2. The van der Waals surface area contributed by atoms with Crippen LogP contribution in [0.25, 0.3) is 0 Å². The van der Waals surface area contributed by atoms with Gasteiger partial charge in [0.1, 0.15) is 5.76 Å². The second kappa shape index (κ2) is 6.03. The van der Waals surface area contributed by atoms with Gasteiger partial charge in [-0.25, -0.2) is 0 Å². The van der Waals surface area contributed by atoms with Crippen molar-refractivity contribution < 1.29 is 4.42 Å². The van der Waals surface area contributed by atoms with Crippen molar-refractivity contribution in [3.05, 3.63) is 46.0 Å². The highest BCUT2D eigenvalue weighted by molar-refractivity contribution is 7.07. The van der Waals surface area contributed by atoms with E-state index in [0.717, 1.165) is 25.1 Å². The monoisotopic (exact) mass is 249 g/mol. The van der Waals surface area contributed by atoms with E-state index in [9.17, 15) is 0 Å². The van der Waals surface area contributed by atoms with Crippen LogP contribution in [0.15, 0.2) is 33.6 Å². The van der Waals surface area contributed by atoms with Gasteiger partial charge in [0.2, 0.25) is 0 Å². The molecule has 17 heavy (non-hydrogen) atoms. The van der Waals surface area contributed by atoms with Crippen molar-refractivity contribution in [1.82, 2.24) is 5.32 Å². The summed E-state index contributed by atoms with van der Waals surface area (Å²) >= 11 is 1.77. The molecule has 0 bridgehead atoms. The molecule has 2 heterocycles. The standard InChI is InChI=1S/C14H19NOS/c1-3-15-14(13-6-8-16-11(13)2)5-4-12-7-9-17-10-12/h6-10,14-15H,3-5H2,1-2H3. The molecule has 1 N–H and O–H groups in total. The van der Waals surface area contributed by atoms with E-state index < -0.39 is 0 Å². The van der Waals surface area contributed by atoms with E-state index in [1.807, 2.05) is 6.92 Å². The van der Waals surface area contributed by atoms with Crippen LogP contribution in [0.1, 0.15) is 36.3 Å². The Morgan fingerprint density at radius 3 is 2.88 bits per heavy atom. The highest BCUT2D eigenvalue weighted by Crippen LogP contribution is 2.23. The molecular weight excluding hydrogens is 230 g/mol. The van der Waals surface area contributed by atoms with Crippen molar-refractivity contribution >= 4 is 11.3 Å². The van der Waals surface area contributed by atoms with Crippen LogP contribution in [0.5, 0.6) is 0 Å². The number of rotatable bonds is 6. The summed E-state index contributed by atoms with van der Waals surface area (Å²) in [4.78, 5) is 0. The predicted octanol–water partition coefficient (Wildman–Crippen LogP) is 3.93. The molecule has 2 rings (SSSR count). The third-order valence-corrected chi connectivity index (χ3v) is 3.76. The third-order valence-electron chi connectivity index (χ3n) is 3.03. The van der Waals surface area contributed by atoms with Gasteiger partial charge in [0.25, 0.3) is 0 Å². The van der Waals surface area contributed by atoms with E-state index >= 15 is 0 Å². The summed E-state index contributed by atoms with van der Waals surface area (Å²) in [6, 6.07) is 4.69. The summed E-state index contributed by atoms with van der Waals surface area (Å²) in [6.07, 6.45) is 4.01. The SMILES string of the molecule is CCNC(CCc1ccsc1)c1ccoc1C. The number of thiophene rings is 1. The van der Waals surface area contributed by atoms with Crippen LogP contribution in [-0.2, 0) is 6.42 Å². The lowest BCUT2D eigenvalue weighted by molar-refractivity contribution is 0.485. The van der Waals surface area contributed by atoms with Gasteiger partial charge in [0.15, 0.2) is 0 Å². The van der Waals surface area contributed by atoms with Gasteiger partial charge < -0.3 is 9.73 Å². The first-order chi connectivity index (χ1) is 8.31. The Hall–Kier alpha value is -1.06. The number of hydrogen-bond donors (Lipinski definition) is 1. The summed E-state index contributed by atoms with van der Waals surface area (Å²) in [5.41, 5.74) is 2.72. The summed E-state index contributed by atoms with van der Waals surface area (Å²) in [5, 5.41) is 7.90. The fourth-order valence-electron chi connectivity index (χ4n) is 2.12. The van der Waals surface area contributed by atoms with Gasteiger partial charge in [-0.3, -0.25) is 0 Å². The molecule has 0 saturated carbocycles. The van der Waals surface area contributed by atoms with Gasteiger partial charge in [-0.05, 0) is 54.8 Å². The second-order valence-electron chi connectivity index (χ2n) is 4.21. The maximum Gasteiger partial charge on any atom is 0.105 e. The van der Waals surface area contributed by atoms with Gasteiger partial charge in [0.05, 0.1) is 6.26 Å². The maximum absolute atomic E-state index is 5.39. The Morgan fingerprint density at radius 1 is 1.41 bits per heavy atom. The fraction of sp³-hybridized carbons (Fsp3) is 0.429. The molecule has 0 radical (unpaired) electrons. The lowest BCUT2D eigenvalue weighted by Crippen LogP contribution is -2.21. The summed E-state index contributed by atoms with van der Waals surface area (Å²) in [6.45, 7) is 5.16. The Bertz CT molecular complexity index is 433. The zero-order valence-corrected chi connectivity index (χ0v) is 11.2. The van der Waals surface area contributed by atoms with Crippen LogP contribution >= 0.6 is 11.3 Å². The first kappa shape index (κ1) is 12.4. The molecule has 0 fully saturated rings. The van der Waals surface area contributed by atoms with Crippen LogP contribution in [0.3, 0.4) is 0 Å². The van der Waals surface area contributed by atoms with Crippen molar-refractivity contribution in [3.63, 3.8) is 0 Å². The highest BCUT2D eigenvalue weighted by Gasteiger charge is 2.14. The van der Waals surface area contributed by atoms with Crippen molar-refractivity contribution in [2.45, 2.75) is 32.7 Å². The molecule has 1 unspecified atom stereocenters. The quantitative estimate of drug-likeness (QED) is 0.839. The molecule has 0 aliphatic carbocycles. The molecule has 92 valence electrons. The molecule has 0 spiro atoms. The summed E-state index contributed by atoms with van der Waals surface area (Å²) < 4.78 is 5.39. The van der Waals surface area contributed by atoms with E-state index in [-0.39, 0.29) is 0 Å². The molecule has 0 aliphatic heterocycles. The normalized spacial score (nSPS) is 12.8. The van der Waals surface area contributed by atoms with Gasteiger partial charge >= 0.3 is 0 Å². The maximum atomic E-state index is 5.39. The van der Waals surface area contributed by atoms with E-state index in [0.29, 0.717) is 6.04 Å². The largest absolute Gasteiger partial charge is 0.469 e. The van der Waals surface area contributed by atoms with Crippen molar-refractivity contribution in [2.75, 3.05) is 6.54 Å². The highest BCUT2D eigenvalue weighted by atomic mass is 32.1. The number of furan rings is 1. The van der Waals surface area contributed by atoms with Crippen molar-refractivity contribution in [2.24, 2.45) is 0 Å². The molecule has 0 amide bonds.